The number of amides is 1. The van der Waals surface area contributed by atoms with E-state index in [1.807, 2.05) is 49.6 Å². The third-order valence-corrected chi connectivity index (χ3v) is 5.28. The molecule has 0 spiro atoms. The smallest absolute Gasteiger partial charge is 0.258 e. The average molecular weight is 377 g/mol. The Kier molecular flexibility index (Phi) is 4.60. The van der Waals surface area contributed by atoms with E-state index in [1.165, 1.54) is 6.33 Å². The number of rotatable bonds is 5. The number of anilines is 1. The Morgan fingerprint density at radius 2 is 1.81 bits per heavy atom. The number of carbonyl (C=O) groups excluding carboxylic acids is 1. The van der Waals surface area contributed by atoms with Gasteiger partial charge in [-0.3, -0.25) is 4.79 Å². The fraction of sp³-hybridized carbons (Fsp3) is 0.150. The van der Waals surface area contributed by atoms with Crippen LogP contribution in [0.1, 0.15) is 27.3 Å². The van der Waals surface area contributed by atoms with Crippen molar-refractivity contribution >= 4 is 22.9 Å². The van der Waals surface area contributed by atoms with Crippen molar-refractivity contribution < 1.29 is 4.79 Å². The standard InChI is InChI=1S/C20H19N5OS/c1-14-3-4-15(2)25(14)20-18(9-10-27-20)19(26)23-17-7-5-16(6-8-17)11-24-13-21-12-22-24/h3-10,12-13H,11H2,1-2H3,(H,23,26). The lowest BCUT2D eigenvalue weighted by Gasteiger charge is -2.11. The van der Waals surface area contributed by atoms with Crippen molar-refractivity contribution in [2.24, 2.45) is 0 Å². The van der Waals surface area contributed by atoms with Crippen LogP contribution in [0.15, 0.2) is 60.5 Å². The molecule has 1 amide bonds. The fourth-order valence-corrected chi connectivity index (χ4v) is 4.04. The maximum atomic E-state index is 12.8. The fourth-order valence-electron chi connectivity index (χ4n) is 3.03. The molecule has 4 aromatic rings. The van der Waals surface area contributed by atoms with Crippen molar-refractivity contribution in [1.29, 1.82) is 0 Å². The van der Waals surface area contributed by atoms with Crippen LogP contribution in [-0.2, 0) is 6.54 Å². The van der Waals surface area contributed by atoms with Crippen LogP contribution in [0.2, 0.25) is 0 Å². The highest BCUT2D eigenvalue weighted by Gasteiger charge is 2.16. The molecule has 27 heavy (non-hydrogen) atoms. The number of nitrogens with zero attached hydrogens (tertiary/aromatic N) is 4. The number of hydrogen-bond acceptors (Lipinski definition) is 4. The Bertz CT molecular complexity index is 1040. The molecule has 7 heteroatoms. The predicted molar refractivity (Wildman–Crippen MR) is 107 cm³/mol. The Labute approximate surface area is 161 Å². The first-order chi connectivity index (χ1) is 13.1. The van der Waals surface area contributed by atoms with Crippen molar-refractivity contribution in [3.63, 3.8) is 0 Å². The Morgan fingerprint density at radius 3 is 2.48 bits per heavy atom. The number of aryl methyl sites for hydroxylation is 2. The summed E-state index contributed by atoms with van der Waals surface area (Å²) >= 11 is 1.57. The van der Waals surface area contributed by atoms with Gasteiger partial charge in [0.2, 0.25) is 0 Å². The number of carbonyl (C=O) groups is 1. The van der Waals surface area contributed by atoms with Gasteiger partial charge in [0.25, 0.3) is 5.91 Å². The van der Waals surface area contributed by atoms with Crippen molar-refractivity contribution in [3.8, 4) is 5.00 Å². The minimum absolute atomic E-state index is 0.109. The third-order valence-electron chi connectivity index (χ3n) is 4.39. The van der Waals surface area contributed by atoms with Gasteiger partial charge in [0, 0.05) is 17.1 Å². The van der Waals surface area contributed by atoms with Crippen LogP contribution in [-0.4, -0.2) is 25.2 Å². The molecule has 1 N–H and O–H groups in total. The quantitative estimate of drug-likeness (QED) is 0.571. The molecule has 4 rings (SSSR count). The average Bonchev–Trinajstić information content (AvgIpc) is 3.39. The Balaban J connectivity index is 1.51. The molecule has 6 nitrogen and oxygen atoms in total. The molecule has 0 unspecified atom stereocenters. The molecular formula is C20H19N5OS. The highest BCUT2D eigenvalue weighted by atomic mass is 32.1. The summed E-state index contributed by atoms with van der Waals surface area (Å²) in [6, 6.07) is 13.8. The normalized spacial score (nSPS) is 10.9. The molecule has 0 aliphatic heterocycles. The summed E-state index contributed by atoms with van der Waals surface area (Å²) in [6.45, 7) is 4.74. The summed E-state index contributed by atoms with van der Waals surface area (Å²) in [5.74, 6) is -0.109. The molecule has 0 atom stereocenters. The molecule has 0 aliphatic rings. The summed E-state index contributed by atoms with van der Waals surface area (Å²) in [6.07, 6.45) is 3.19. The maximum Gasteiger partial charge on any atom is 0.258 e. The van der Waals surface area contributed by atoms with Crippen molar-refractivity contribution in [2.45, 2.75) is 20.4 Å². The van der Waals surface area contributed by atoms with E-state index >= 15 is 0 Å². The minimum Gasteiger partial charge on any atom is -0.322 e. The highest BCUT2D eigenvalue weighted by Crippen LogP contribution is 2.26. The van der Waals surface area contributed by atoms with Crippen LogP contribution in [0.25, 0.3) is 5.00 Å². The van der Waals surface area contributed by atoms with E-state index in [4.69, 9.17) is 0 Å². The molecule has 0 fully saturated rings. The lowest BCUT2D eigenvalue weighted by Crippen LogP contribution is -2.14. The van der Waals surface area contributed by atoms with Gasteiger partial charge in [-0.1, -0.05) is 12.1 Å². The lowest BCUT2D eigenvalue weighted by atomic mass is 10.2. The second-order valence-corrected chi connectivity index (χ2v) is 7.23. The van der Waals surface area contributed by atoms with Crippen LogP contribution in [0.5, 0.6) is 0 Å². The third kappa shape index (κ3) is 3.54. The van der Waals surface area contributed by atoms with Crippen LogP contribution < -0.4 is 5.32 Å². The van der Waals surface area contributed by atoms with Gasteiger partial charge in [-0.25, -0.2) is 9.67 Å². The van der Waals surface area contributed by atoms with Gasteiger partial charge in [0.05, 0.1) is 12.1 Å². The van der Waals surface area contributed by atoms with Gasteiger partial charge in [-0.15, -0.1) is 11.3 Å². The SMILES string of the molecule is Cc1ccc(C)n1-c1sccc1C(=O)Nc1ccc(Cn2cncn2)cc1. The van der Waals surface area contributed by atoms with E-state index in [0.29, 0.717) is 12.1 Å². The van der Waals surface area contributed by atoms with E-state index in [0.717, 1.165) is 27.6 Å². The van der Waals surface area contributed by atoms with E-state index in [9.17, 15) is 4.79 Å². The topological polar surface area (TPSA) is 64.7 Å². The molecule has 3 heterocycles. The lowest BCUT2D eigenvalue weighted by molar-refractivity contribution is 0.102. The molecule has 0 bridgehead atoms. The van der Waals surface area contributed by atoms with E-state index < -0.39 is 0 Å². The monoisotopic (exact) mass is 377 g/mol. The summed E-state index contributed by atoms with van der Waals surface area (Å²) in [5.41, 5.74) is 4.76. The predicted octanol–water partition coefficient (Wildman–Crippen LogP) is 4.05. The molecular weight excluding hydrogens is 358 g/mol. The first-order valence-corrected chi connectivity index (χ1v) is 9.45. The van der Waals surface area contributed by atoms with Crippen LogP contribution in [0.4, 0.5) is 5.69 Å². The number of nitrogens with one attached hydrogen (secondary N) is 1. The largest absolute Gasteiger partial charge is 0.322 e. The zero-order valence-electron chi connectivity index (χ0n) is 15.1. The van der Waals surface area contributed by atoms with Gasteiger partial charge >= 0.3 is 0 Å². The first kappa shape index (κ1) is 17.2. The van der Waals surface area contributed by atoms with Crippen LogP contribution >= 0.6 is 11.3 Å². The molecule has 3 aromatic heterocycles. The van der Waals surface area contributed by atoms with Crippen LogP contribution in [0.3, 0.4) is 0 Å². The molecule has 0 aliphatic carbocycles. The van der Waals surface area contributed by atoms with Crippen molar-refractivity contribution in [3.05, 3.63) is 83.0 Å². The molecule has 1 aromatic carbocycles. The van der Waals surface area contributed by atoms with Gasteiger partial charge in [0.1, 0.15) is 17.7 Å². The van der Waals surface area contributed by atoms with E-state index in [-0.39, 0.29) is 5.91 Å². The molecule has 0 saturated heterocycles. The van der Waals surface area contributed by atoms with E-state index in [1.54, 1.807) is 22.3 Å². The highest BCUT2D eigenvalue weighted by molar-refractivity contribution is 7.13. The second kappa shape index (κ2) is 7.20. The molecule has 0 saturated carbocycles. The number of benzene rings is 1. The van der Waals surface area contributed by atoms with Crippen molar-refractivity contribution in [1.82, 2.24) is 19.3 Å². The van der Waals surface area contributed by atoms with Crippen LogP contribution in [0, 0.1) is 13.8 Å². The second-order valence-electron chi connectivity index (χ2n) is 6.34. The molecule has 136 valence electrons. The van der Waals surface area contributed by atoms with E-state index in [2.05, 4.69) is 32.1 Å². The Morgan fingerprint density at radius 1 is 1.07 bits per heavy atom. The first-order valence-electron chi connectivity index (χ1n) is 8.57. The number of aromatic nitrogens is 4. The van der Waals surface area contributed by atoms with Gasteiger partial charge in [-0.2, -0.15) is 5.10 Å². The van der Waals surface area contributed by atoms with Gasteiger partial charge < -0.3 is 9.88 Å². The summed E-state index contributed by atoms with van der Waals surface area (Å²) < 4.78 is 3.87. The number of thiophene rings is 1. The van der Waals surface area contributed by atoms with Gasteiger partial charge in [0.15, 0.2) is 0 Å². The minimum atomic E-state index is -0.109. The number of hydrogen-bond donors (Lipinski definition) is 1. The Hall–Kier alpha value is -3.19. The maximum absolute atomic E-state index is 12.8. The zero-order chi connectivity index (χ0) is 18.8. The summed E-state index contributed by atoms with van der Waals surface area (Å²) in [4.78, 5) is 16.8. The zero-order valence-corrected chi connectivity index (χ0v) is 15.9. The molecule has 0 radical (unpaired) electrons. The summed E-state index contributed by atoms with van der Waals surface area (Å²) in [7, 11) is 0. The van der Waals surface area contributed by atoms with Crippen molar-refractivity contribution in [2.75, 3.05) is 5.32 Å². The summed E-state index contributed by atoms with van der Waals surface area (Å²) in [5, 5.41) is 9.98. The van der Waals surface area contributed by atoms with Gasteiger partial charge in [-0.05, 0) is 55.1 Å².